The molecule has 1 rings (SSSR count). The van der Waals surface area contributed by atoms with Gasteiger partial charge in [-0.05, 0) is 19.1 Å². The average Bonchev–Trinajstić information content (AvgIpc) is 2.03. The smallest absolute Gasteiger partial charge is 0.226 e. The molecule has 0 radical (unpaired) electrons. The predicted molar refractivity (Wildman–Crippen MR) is 39.1 cm³/mol. The van der Waals surface area contributed by atoms with Gasteiger partial charge in [0.2, 0.25) is 17.7 Å². The highest BCUT2D eigenvalue weighted by atomic mass is 19.1. The van der Waals surface area contributed by atoms with E-state index in [1.165, 1.54) is 0 Å². The number of Topliss-reactive ketones (excluding diaryl/α,β-unsaturated/α-hetero) is 1. The molecule has 1 heterocycles. The normalized spacial score (nSPS) is 12.6. The highest BCUT2D eigenvalue weighted by molar-refractivity contribution is 5.99. The maximum absolute atomic E-state index is 12.7. The first-order valence-electron chi connectivity index (χ1n) is 3.52. The van der Waals surface area contributed by atoms with Gasteiger partial charge in [0.25, 0.3) is 0 Å². The minimum atomic E-state index is -1.82. The lowest BCUT2D eigenvalue weighted by molar-refractivity contribution is 0.0887. The molecule has 5 heteroatoms. The summed E-state index contributed by atoms with van der Waals surface area (Å²) in [5.74, 6) is -3.36. The summed E-state index contributed by atoms with van der Waals surface area (Å²) in [5, 5.41) is 0. The first-order chi connectivity index (χ1) is 6.02. The molecule has 0 amide bonds. The zero-order chi connectivity index (χ0) is 10.0. The van der Waals surface area contributed by atoms with E-state index < -0.39 is 29.4 Å². The molecule has 13 heavy (non-hydrogen) atoms. The molecule has 0 fully saturated rings. The summed E-state index contributed by atoms with van der Waals surface area (Å²) in [4.78, 5) is 13.7. The summed E-state index contributed by atoms with van der Waals surface area (Å²) in [5.41, 5.74) is -0.531. The van der Waals surface area contributed by atoms with E-state index in [0.717, 1.165) is 19.1 Å². The van der Waals surface area contributed by atoms with E-state index in [-0.39, 0.29) is 0 Å². The molecule has 0 saturated heterocycles. The van der Waals surface area contributed by atoms with E-state index in [4.69, 9.17) is 0 Å². The summed E-state index contributed by atoms with van der Waals surface area (Å²) < 4.78 is 37.4. The van der Waals surface area contributed by atoms with Crippen molar-refractivity contribution in [2.45, 2.75) is 13.1 Å². The number of hydrogen-bond donors (Lipinski definition) is 0. The standard InChI is InChI=1S/C8H6F3NO/c1-4(9)7(13)5-2-3-6(10)12-8(5)11/h2-4H,1H3. The van der Waals surface area contributed by atoms with Gasteiger partial charge in [0, 0.05) is 0 Å². The van der Waals surface area contributed by atoms with Crippen molar-refractivity contribution < 1.29 is 18.0 Å². The third kappa shape index (κ3) is 2.05. The van der Waals surface area contributed by atoms with Gasteiger partial charge in [0.1, 0.15) is 0 Å². The molecule has 0 aliphatic heterocycles. The van der Waals surface area contributed by atoms with Crippen molar-refractivity contribution in [3.63, 3.8) is 0 Å². The van der Waals surface area contributed by atoms with Crippen LogP contribution in [0.3, 0.4) is 0 Å². The van der Waals surface area contributed by atoms with Gasteiger partial charge in [-0.1, -0.05) is 0 Å². The molecule has 0 spiro atoms. The summed E-state index contributed by atoms with van der Waals surface area (Å²) in [6.45, 7) is 0.977. The Morgan fingerprint density at radius 1 is 1.46 bits per heavy atom. The summed E-state index contributed by atoms with van der Waals surface area (Å²) in [7, 11) is 0. The Labute approximate surface area is 72.4 Å². The number of carbonyl (C=O) groups excluding carboxylic acids is 1. The predicted octanol–water partition coefficient (Wildman–Crippen LogP) is 1.90. The van der Waals surface area contributed by atoms with Crippen molar-refractivity contribution in [3.05, 3.63) is 29.6 Å². The number of halogens is 3. The molecule has 0 N–H and O–H groups in total. The van der Waals surface area contributed by atoms with E-state index in [1.54, 1.807) is 0 Å². The van der Waals surface area contributed by atoms with Gasteiger partial charge in [-0.2, -0.15) is 13.8 Å². The number of nitrogens with zero attached hydrogens (tertiary/aromatic N) is 1. The molecule has 1 aromatic heterocycles. The summed E-state index contributed by atoms with van der Waals surface area (Å²) in [6, 6.07) is 1.68. The first kappa shape index (κ1) is 9.70. The second-order valence-corrected chi connectivity index (χ2v) is 2.45. The molecule has 70 valence electrons. The average molecular weight is 189 g/mol. The van der Waals surface area contributed by atoms with Crippen LogP contribution < -0.4 is 0 Å². The van der Waals surface area contributed by atoms with Crippen LogP contribution in [0, 0.1) is 11.9 Å². The second-order valence-electron chi connectivity index (χ2n) is 2.45. The molecule has 0 aromatic carbocycles. The van der Waals surface area contributed by atoms with Crippen LogP contribution in [0.15, 0.2) is 12.1 Å². The lowest BCUT2D eigenvalue weighted by atomic mass is 10.1. The zero-order valence-corrected chi connectivity index (χ0v) is 6.72. The van der Waals surface area contributed by atoms with Crippen molar-refractivity contribution in [2.75, 3.05) is 0 Å². The van der Waals surface area contributed by atoms with Crippen LogP contribution in [0.2, 0.25) is 0 Å². The van der Waals surface area contributed by atoms with Crippen molar-refractivity contribution in [3.8, 4) is 0 Å². The van der Waals surface area contributed by atoms with Gasteiger partial charge in [-0.25, -0.2) is 4.39 Å². The fourth-order valence-electron chi connectivity index (χ4n) is 0.810. The quantitative estimate of drug-likeness (QED) is 0.525. The number of aromatic nitrogens is 1. The van der Waals surface area contributed by atoms with Crippen LogP contribution >= 0.6 is 0 Å². The Morgan fingerprint density at radius 2 is 2.08 bits per heavy atom. The minimum absolute atomic E-state index is 0.531. The van der Waals surface area contributed by atoms with E-state index in [0.29, 0.717) is 0 Å². The lowest BCUT2D eigenvalue weighted by Gasteiger charge is -2.01. The molecule has 2 nitrogen and oxygen atoms in total. The van der Waals surface area contributed by atoms with E-state index in [1.807, 2.05) is 0 Å². The Bertz CT molecular complexity index is 338. The van der Waals surface area contributed by atoms with Crippen molar-refractivity contribution in [2.24, 2.45) is 0 Å². The molecule has 1 atom stereocenters. The van der Waals surface area contributed by atoms with Gasteiger partial charge < -0.3 is 0 Å². The monoisotopic (exact) mass is 189 g/mol. The van der Waals surface area contributed by atoms with Crippen molar-refractivity contribution in [1.82, 2.24) is 4.98 Å². The topological polar surface area (TPSA) is 30.0 Å². The fraction of sp³-hybridized carbons (Fsp3) is 0.250. The summed E-state index contributed by atoms with van der Waals surface area (Å²) >= 11 is 0. The lowest BCUT2D eigenvalue weighted by Crippen LogP contribution is -2.14. The van der Waals surface area contributed by atoms with E-state index in [2.05, 4.69) is 4.98 Å². The van der Waals surface area contributed by atoms with Gasteiger partial charge in [-0.3, -0.25) is 4.79 Å². The molecular formula is C8H6F3NO. The maximum Gasteiger partial charge on any atom is 0.226 e. The van der Waals surface area contributed by atoms with Crippen LogP contribution in [0.25, 0.3) is 0 Å². The van der Waals surface area contributed by atoms with Gasteiger partial charge >= 0.3 is 0 Å². The maximum atomic E-state index is 12.7. The van der Waals surface area contributed by atoms with E-state index >= 15 is 0 Å². The number of hydrogen-bond acceptors (Lipinski definition) is 2. The number of ketones is 1. The van der Waals surface area contributed by atoms with E-state index in [9.17, 15) is 18.0 Å². The molecule has 0 saturated carbocycles. The summed E-state index contributed by atoms with van der Waals surface area (Å²) in [6.07, 6.45) is -1.82. The fourth-order valence-corrected chi connectivity index (χ4v) is 0.810. The Balaban J connectivity index is 3.09. The second kappa shape index (κ2) is 3.55. The molecular weight excluding hydrogens is 183 g/mol. The van der Waals surface area contributed by atoms with Crippen LogP contribution in [0.1, 0.15) is 17.3 Å². The molecule has 1 unspecified atom stereocenters. The molecule has 0 aliphatic rings. The van der Waals surface area contributed by atoms with Crippen LogP contribution in [0.5, 0.6) is 0 Å². The third-order valence-corrected chi connectivity index (χ3v) is 1.44. The van der Waals surface area contributed by atoms with Crippen molar-refractivity contribution >= 4 is 5.78 Å². The Morgan fingerprint density at radius 3 is 2.54 bits per heavy atom. The van der Waals surface area contributed by atoms with Gasteiger partial charge in [-0.15, -0.1) is 0 Å². The Hall–Kier alpha value is -1.39. The molecule has 1 aromatic rings. The SMILES string of the molecule is CC(F)C(=O)c1ccc(F)nc1F. The number of pyridine rings is 1. The van der Waals surface area contributed by atoms with Crippen LogP contribution in [-0.4, -0.2) is 16.9 Å². The molecule has 0 aliphatic carbocycles. The largest absolute Gasteiger partial charge is 0.291 e. The minimum Gasteiger partial charge on any atom is -0.291 e. The van der Waals surface area contributed by atoms with Gasteiger partial charge in [0.15, 0.2) is 6.17 Å². The highest BCUT2D eigenvalue weighted by Crippen LogP contribution is 2.09. The number of rotatable bonds is 2. The van der Waals surface area contributed by atoms with Crippen LogP contribution in [-0.2, 0) is 0 Å². The first-order valence-corrected chi connectivity index (χ1v) is 3.52. The van der Waals surface area contributed by atoms with Gasteiger partial charge in [0.05, 0.1) is 5.56 Å². The Kier molecular flexibility index (Phi) is 2.65. The zero-order valence-electron chi connectivity index (χ0n) is 6.72. The highest BCUT2D eigenvalue weighted by Gasteiger charge is 2.19. The van der Waals surface area contributed by atoms with Crippen molar-refractivity contribution in [1.29, 1.82) is 0 Å². The third-order valence-electron chi connectivity index (χ3n) is 1.44. The number of carbonyl (C=O) groups is 1. The molecule has 0 bridgehead atoms. The van der Waals surface area contributed by atoms with Crippen LogP contribution in [0.4, 0.5) is 13.2 Å². The number of alkyl halides is 1.